The molecule has 90 valence electrons. The zero-order valence-corrected chi connectivity index (χ0v) is 9.82. The molecule has 1 atom stereocenters. The van der Waals surface area contributed by atoms with Crippen LogP contribution in [0.1, 0.15) is 33.1 Å². The first-order valence-corrected chi connectivity index (χ1v) is 5.61. The standard InChI is InChI=1S/C12H19NO3/c1-12(2,11(15)16)10(14)13-8-9-6-4-3-5-7-9/h3-4,9H,5-8H2,1-2H3,(H,13,14)(H,15,16). The van der Waals surface area contributed by atoms with Gasteiger partial charge in [0.05, 0.1) is 0 Å². The number of rotatable bonds is 4. The molecule has 0 aromatic rings. The molecule has 1 rings (SSSR count). The molecule has 16 heavy (non-hydrogen) atoms. The first kappa shape index (κ1) is 12.7. The average molecular weight is 225 g/mol. The predicted molar refractivity (Wildman–Crippen MR) is 60.9 cm³/mol. The van der Waals surface area contributed by atoms with Crippen LogP contribution in [0.15, 0.2) is 12.2 Å². The molecule has 0 fully saturated rings. The predicted octanol–water partition coefficient (Wildman–Crippen LogP) is 1.57. The minimum Gasteiger partial charge on any atom is -0.480 e. The second kappa shape index (κ2) is 5.14. The Kier molecular flexibility index (Phi) is 4.10. The van der Waals surface area contributed by atoms with E-state index in [0.717, 1.165) is 19.3 Å². The Morgan fingerprint density at radius 1 is 1.44 bits per heavy atom. The van der Waals surface area contributed by atoms with Gasteiger partial charge in [-0.05, 0) is 39.0 Å². The molecular formula is C12H19NO3. The van der Waals surface area contributed by atoms with Crippen molar-refractivity contribution in [2.24, 2.45) is 11.3 Å². The molecule has 4 heteroatoms. The van der Waals surface area contributed by atoms with Crippen LogP contribution < -0.4 is 5.32 Å². The van der Waals surface area contributed by atoms with E-state index in [2.05, 4.69) is 17.5 Å². The molecule has 0 aromatic heterocycles. The summed E-state index contributed by atoms with van der Waals surface area (Å²) >= 11 is 0. The van der Waals surface area contributed by atoms with Crippen LogP contribution >= 0.6 is 0 Å². The number of carbonyl (C=O) groups is 2. The quantitative estimate of drug-likeness (QED) is 0.563. The third kappa shape index (κ3) is 3.08. The first-order chi connectivity index (χ1) is 7.44. The van der Waals surface area contributed by atoms with E-state index in [4.69, 9.17) is 5.11 Å². The van der Waals surface area contributed by atoms with Gasteiger partial charge in [0.25, 0.3) is 0 Å². The molecule has 0 saturated carbocycles. The number of hydrogen-bond acceptors (Lipinski definition) is 2. The van der Waals surface area contributed by atoms with Gasteiger partial charge in [-0.25, -0.2) is 0 Å². The molecule has 0 heterocycles. The van der Waals surface area contributed by atoms with Crippen LogP contribution in [0.5, 0.6) is 0 Å². The lowest BCUT2D eigenvalue weighted by Gasteiger charge is -2.22. The lowest BCUT2D eigenvalue weighted by Crippen LogP contribution is -2.44. The third-order valence-electron chi connectivity index (χ3n) is 3.03. The third-order valence-corrected chi connectivity index (χ3v) is 3.03. The number of carboxylic acid groups (broad SMARTS) is 1. The topological polar surface area (TPSA) is 66.4 Å². The molecular weight excluding hydrogens is 206 g/mol. The molecule has 0 bridgehead atoms. The second-order valence-electron chi connectivity index (χ2n) is 4.79. The minimum atomic E-state index is -1.34. The van der Waals surface area contributed by atoms with Gasteiger partial charge < -0.3 is 10.4 Å². The van der Waals surface area contributed by atoms with Crippen molar-refractivity contribution in [1.29, 1.82) is 0 Å². The van der Waals surface area contributed by atoms with E-state index in [-0.39, 0.29) is 0 Å². The van der Waals surface area contributed by atoms with Crippen molar-refractivity contribution in [1.82, 2.24) is 5.32 Å². The molecule has 0 radical (unpaired) electrons. The van der Waals surface area contributed by atoms with Crippen LogP contribution in [0.2, 0.25) is 0 Å². The van der Waals surface area contributed by atoms with Crippen molar-refractivity contribution in [3.63, 3.8) is 0 Å². The van der Waals surface area contributed by atoms with Crippen LogP contribution in [0.3, 0.4) is 0 Å². The smallest absolute Gasteiger partial charge is 0.318 e. The largest absolute Gasteiger partial charge is 0.480 e. The molecule has 0 aliphatic heterocycles. The Hall–Kier alpha value is -1.32. The number of carbonyl (C=O) groups excluding carboxylic acids is 1. The zero-order chi connectivity index (χ0) is 12.2. The summed E-state index contributed by atoms with van der Waals surface area (Å²) < 4.78 is 0. The van der Waals surface area contributed by atoms with Crippen LogP contribution in [0.25, 0.3) is 0 Å². The molecule has 1 aliphatic carbocycles. The maximum atomic E-state index is 11.6. The Bertz CT molecular complexity index is 307. The van der Waals surface area contributed by atoms with E-state index in [9.17, 15) is 9.59 Å². The second-order valence-corrected chi connectivity index (χ2v) is 4.79. The monoisotopic (exact) mass is 225 g/mol. The van der Waals surface area contributed by atoms with Crippen molar-refractivity contribution in [3.8, 4) is 0 Å². The van der Waals surface area contributed by atoms with E-state index < -0.39 is 17.3 Å². The molecule has 1 unspecified atom stereocenters. The average Bonchev–Trinajstić information content (AvgIpc) is 2.27. The van der Waals surface area contributed by atoms with E-state index in [1.807, 2.05) is 0 Å². The van der Waals surface area contributed by atoms with E-state index >= 15 is 0 Å². The summed E-state index contributed by atoms with van der Waals surface area (Å²) in [6.07, 6.45) is 7.32. The van der Waals surface area contributed by atoms with Gasteiger partial charge in [0.15, 0.2) is 0 Å². The summed E-state index contributed by atoms with van der Waals surface area (Å²) in [5.74, 6) is -1.05. The van der Waals surface area contributed by atoms with Crippen molar-refractivity contribution < 1.29 is 14.7 Å². The van der Waals surface area contributed by atoms with Crippen molar-refractivity contribution in [2.75, 3.05) is 6.54 Å². The molecule has 1 amide bonds. The highest BCUT2D eigenvalue weighted by atomic mass is 16.4. The Labute approximate surface area is 95.7 Å². The summed E-state index contributed by atoms with van der Waals surface area (Å²) in [5.41, 5.74) is -1.34. The Balaban J connectivity index is 2.40. The van der Waals surface area contributed by atoms with Gasteiger partial charge in [-0.15, -0.1) is 0 Å². The van der Waals surface area contributed by atoms with Crippen LogP contribution in [0, 0.1) is 11.3 Å². The Morgan fingerprint density at radius 3 is 2.62 bits per heavy atom. The van der Waals surface area contributed by atoms with Crippen LogP contribution in [-0.2, 0) is 9.59 Å². The summed E-state index contributed by atoms with van der Waals surface area (Å²) in [6, 6.07) is 0. The molecule has 2 N–H and O–H groups in total. The molecule has 0 aromatic carbocycles. The van der Waals surface area contributed by atoms with E-state index in [0.29, 0.717) is 12.5 Å². The van der Waals surface area contributed by atoms with Crippen molar-refractivity contribution in [3.05, 3.63) is 12.2 Å². The number of nitrogens with one attached hydrogen (secondary N) is 1. The maximum Gasteiger partial charge on any atom is 0.318 e. The first-order valence-electron chi connectivity index (χ1n) is 5.61. The van der Waals surface area contributed by atoms with Gasteiger partial charge in [-0.3, -0.25) is 9.59 Å². The van der Waals surface area contributed by atoms with Gasteiger partial charge >= 0.3 is 5.97 Å². The fraction of sp³-hybridized carbons (Fsp3) is 0.667. The normalized spacial score (nSPS) is 20.5. The molecule has 0 spiro atoms. The van der Waals surface area contributed by atoms with Gasteiger partial charge in [0, 0.05) is 6.54 Å². The van der Waals surface area contributed by atoms with E-state index in [1.54, 1.807) is 0 Å². The van der Waals surface area contributed by atoms with Gasteiger partial charge in [-0.2, -0.15) is 0 Å². The number of allylic oxidation sites excluding steroid dienone is 2. The number of amides is 1. The highest BCUT2D eigenvalue weighted by molar-refractivity contribution is 6.00. The van der Waals surface area contributed by atoms with Crippen molar-refractivity contribution in [2.45, 2.75) is 33.1 Å². The van der Waals surface area contributed by atoms with Crippen LogP contribution in [0.4, 0.5) is 0 Å². The van der Waals surface area contributed by atoms with E-state index in [1.165, 1.54) is 13.8 Å². The van der Waals surface area contributed by atoms with Crippen LogP contribution in [-0.4, -0.2) is 23.5 Å². The lowest BCUT2D eigenvalue weighted by molar-refractivity contribution is -0.153. The lowest BCUT2D eigenvalue weighted by atomic mass is 9.91. The number of carboxylic acids is 1. The number of aliphatic carboxylic acids is 1. The summed E-state index contributed by atoms with van der Waals surface area (Å²) in [7, 11) is 0. The van der Waals surface area contributed by atoms with Gasteiger partial charge in [0.2, 0.25) is 5.91 Å². The Morgan fingerprint density at radius 2 is 2.12 bits per heavy atom. The highest BCUT2D eigenvalue weighted by Gasteiger charge is 2.35. The molecule has 4 nitrogen and oxygen atoms in total. The minimum absolute atomic E-state index is 0.408. The maximum absolute atomic E-state index is 11.6. The van der Waals surface area contributed by atoms with Gasteiger partial charge in [-0.1, -0.05) is 12.2 Å². The SMILES string of the molecule is CC(C)(C(=O)O)C(=O)NCC1CC=CCC1. The summed E-state index contributed by atoms with van der Waals surface area (Å²) in [4.78, 5) is 22.5. The molecule has 1 aliphatic rings. The summed E-state index contributed by atoms with van der Waals surface area (Å²) in [5, 5.41) is 11.6. The van der Waals surface area contributed by atoms with Gasteiger partial charge in [0.1, 0.15) is 5.41 Å². The molecule has 0 saturated heterocycles. The number of hydrogen-bond donors (Lipinski definition) is 2. The zero-order valence-electron chi connectivity index (χ0n) is 9.82. The fourth-order valence-electron chi connectivity index (χ4n) is 1.60. The highest BCUT2D eigenvalue weighted by Crippen LogP contribution is 2.19. The van der Waals surface area contributed by atoms with Crippen molar-refractivity contribution >= 4 is 11.9 Å². The fourth-order valence-corrected chi connectivity index (χ4v) is 1.60. The summed E-state index contributed by atoms with van der Waals surface area (Å²) in [6.45, 7) is 3.41.